The predicted molar refractivity (Wildman–Crippen MR) is 55.7 cm³/mol. The fourth-order valence-corrected chi connectivity index (χ4v) is 2.08. The van der Waals surface area contributed by atoms with Gasteiger partial charge in [0.15, 0.2) is 5.82 Å². The van der Waals surface area contributed by atoms with E-state index in [1.807, 2.05) is 0 Å². The molecule has 0 atom stereocenters. The molecule has 0 aliphatic heterocycles. The second-order valence-corrected chi connectivity index (χ2v) is 4.44. The average molecular weight is 224 g/mol. The lowest BCUT2D eigenvalue weighted by atomic mass is 9.69. The molecule has 1 aromatic heterocycles. The Bertz CT molecular complexity index is 384. The third kappa shape index (κ3) is 1.79. The Morgan fingerprint density at radius 1 is 1.56 bits per heavy atom. The maximum Gasteiger partial charge on any atom is 0.311 e. The molecule has 6 nitrogen and oxygen atoms in total. The zero-order valence-electron chi connectivity index (χ0n) is 9.39. The number of carbonyl (C=O) groups is 1. The molecule has 88 valence electrons. The van der Waals surface area contributed by atoms with Crippen molar-refractivity contribution in [1.82, 2.24) is 20.2 Å². The van der Waals surface area contributed by atoms with Crippen LogP contribution in [0.4, 0.5) is 0 Å². The van der Waals surface area contributed by atoms with Crippen molar-refractivity contribution in [2.45, 2.75) is 45.6 Å². The van der Waals surface area contributed by atoms with Gasteiger partial charge in [0.2, 0.25) is 0 Å². The van der Waals surface area contributed by atoms with Crippen LogP contribution in [0.25, 0.3) is 0 Å². The zero-order chi connectivity index (χ0) is 11.6. The summed E-state index contributed by atoms with van der Waals surface area (Å²) in [5, 5.41) is 20.6. The number of aliphatic carboxylic acids is 1. The van der Waals surface area contributed by atoms with Gasteiger partial charge in [-0.05, 0) is 29.7 Å². The summed E-state index contributed by atoms with van der Waals surface area (Å²) >= 11 is 0. The highest BCUT2D eigenvalue weighted by Crippen LogP contribution is 2.42. The van der Waals surface area contributed by atoms with Gasteiger partial charge < -0.3 is 5.11 Å². The summed E-state index contributed by atoms with van der Waals surface area (Å²) in [7, 11) is 0. The summed E-state index contributed by atoms with van der Waals surface area (Å²) in [5.74, 6) is 0.0618. The summed E-state index contributed by atoms with van der Waals surface area (Å²) in [5.41, 5.74) is -0.627. The van der Waals surface area contributed by atoms with E-state index in [1.165, 1.54) is 0 Å². The number of nitrogens with zero attached hydrogens (tertiary/aromatic N) is 4. The van der Waals surface area contributed by atoms with Gasteiger partial charge in [0.25, 0.3) is 0 Å². The molecule has 1 heterocycles. The molecule has 0 unspecified atom stereocenters. The van der Waals surface area contributed by atoms with E-state index in [0.29, 0.717) is 6.54 Å². The predicted octanol–water partition coefficient (Wildman–Crippen LogP) is 0.880. The number of tetrazole rings is 1. The summed E-state index contributed by atoms with van der Waals surface area (Å²) < 4.78 is 1.65. The molecular formula is C10H16N4O2. The minimum absolute atomic E-state index is 0.407. The smallest absolute Gasteiger partial charge is 0.311 e. The van der Waals surface area contributed by atoms with Crippen LogP contribution in [-0.2, 0) is 17.8 Å². The van der Waals surface area contributed by atoms with E-state index in [9.17, 15) is 9.90 Å². The van der Waals surface area contributed by atoms with Crippen LogP contribution in [0.15, 0.2) is 0 Å². The molecule has 1 N–H and O–H groups in total. The molecule has 1 aromatic rings. The highest BCUT2D eigenvalue weighted by Gasteiger charge is 2.45. The van der Waals surface area contributed by atoms with E-state index in [1.54, 1.807) is 4.68 Å². The molecular weight excluding hydrogens is 208 g/mol. The molecule has 0 aromatic carbocycles. The highest BCUT2D eigenvalue weighted by atomic mass is 16.4. The van der Waals surface area contributed by atoms with E-state index in [2.05, 4.69) is 22.4 Å². The van der Waals surface area contributed by atoms with Gasteiger partial charge in [-0.3, -0.25) is 4.79 Å². The van der Waals surface area contributed by atoms with E-state index < -0.39 is 11.4 Å². The summed E-state index contributed by atoms with van der Waals surface area (Å²) in [6.07, 6.45) is 4.20. The largest absolute Gasteiger partial charge is 0.481 e. The third-order valence-corrected chi connectivity index (χ3v) is 3.30. The zero-order valence-corrected chi connectivity index (χ0v) is 9.39. The normalized spacial score (nSPS) is 18.1. The van der Waals surface area contributed by atoms with Crippen LogP contribution in [0.1, 0.15) is 38.4 Å². The number of aromatic nitrogens is 4. The van der Waals surface area contributed by atoms with Crippen LogP contribution in [0.5, 0.6) is 0 Å². The maximum atomic E-state index is 11.2. The lowest BCUT2D eigenvalue weighted by molar-refractivity contribution is -0.156. The molecule has 0 amide bonds. The van der Waals surface area contributed by atoms with Crippen LogP contribution >= 0.6 is 0 Å². The Morgan fingerprint density at radius 2 is 2.31 bits per heavy atom. The van der Waals surface area contributed by atoms with Crippen LogP contribution in [-0.4, -0.2) is 31.3 Å². The number of carboxylic acids is 1. The Labute approximate surface area is 93.6 Å². The van der Waals surface area contributed by atoms with Crippen molar-refractivity contribution in [2.24, 2.45) is 5.41 Å². The molecule has 0 saturated heterocycles. The minimum atomic E-state index is -0.725. The number of carboxylic acid groups (broad SMARTS) is 1. The lowest BCUT2D eigenvalue weighted by Crippen LogP contribution is -2.42. The minimum Gasteiger partial charge on any atom is -0.481 e. The van der Waals surface area contributed by atoms with Crippen LogP contribution in [0, 0.1) is 5.41 Å². The van der Waals surface area contributed by atoms with Gasteiger partial charge in [0, 0.05) is 6.42 Å². The Morgan fingerprint density at radius 3 is 2.81 bits per heavy atom. The molecule has 0 spiro atoms. The van der Waals surface area contributed by atoms with Crippen molar-refractivity contribution < 1.29 is 9.90 Å². The molecule has 1 saturated carbocycles. The van der Waals surface area contributed by atoms with Crippen LogP contribution < -0.4 is 0 Å². The number of hydrogen-bond acceptors (Lipinski definition) is 4. The van der Waals surface area contributed by atoms with Crippen molar-refractivity contribution in [2.75, 3.05) is 0 Å². The first-order chi connectivity index (χ1) is 7.68. The summed E-state index contributed by atoms with van der Waals surface area (Å²) in [6.45, 7) is 2.46. The molecule has 1 aliphatic carbocycles. The third-order valence-electron chi connectivity index (χ3n) is 3.30. The second-order valence-electron chi connectivity index (χ2n) is 4.44. The van der Waals surface area contributed by atoms with E-state index in [-0.39, 0.29) is 0 Å². The summed E-state index contributed by atoms with van der Waals surface area (Å²) in [6, 6.07) is 0. The SMILES string of the molecule is CCCc1nnnn1CC1(C(=O)O)CCC1. The standard InChI is InChI=1S/C10H16N4O2/c1-2-4-8-11-12-13-14(8)7-10(9(15)16)5-3-6-10/h2-7H2,1H3,(H,15,16). The molecule has 0 radical (unpaired) electrons. The van der Waals surface area contributed by atoms with Gasteiger partial charge >= 0.3 is 5.97 Å². The molecule has 6 heteroatoms. The monoisotopic (exact) mass is 224 g/mol. The average Bonchev–Trinajstić information content (AvgIpc) is 2.59. The molecule has 1 aliphatic rings. The fraction of sp³-hybridized carbons (Fsp3) is 0.800. The number of hydrogen-bond donors (Lipinski definition) is 1. The lowest BCUT2D eigenvalue weighted by Gasteiger charge is -2.37. The van der Waals surface area contributed by atoms with Crippen molar-refractivity contribution in [3.05, 3.63) is 5.82 Å². The van der Waals surface area contributed by atoms with Crippen molar-refractivity contribution >= 4 is 5.97 Å². The topological polar surface area (TPSA) is 80.9 Å². The van der Waals surface area contributed by atoms with Gasteiger partial charge in [-0.2, -0.15) is 0 Å². The fourth-order valence-electron chi connectivity index (χ4n) is 2.08. The van der Waals surface area contributed by atoms with Gasteiger partial charge in [-0.1, -0.05) is 13.3 Å². The van der Waals surface area contributed by atoms with E-state index in [4.69, 9.17) is 0 Å². The van der Waals surface area contributed by atoms with Crippen molar-refractivity contribution in [3.63, 3.8) is 0 Å². The Kier molecular flexibility index (Phi) is 2.89. The number of aryl methyl sites for hydroxylation is 1. The van der Waals surface area contributed by atoms with E-state index in [0.717, 1.165) is 37.9 Å². The summed E-state index contributed by atoms with van der Waals surface area (Å²) in [4.78, 5) is 11.2. The van der Waals surface area contributed by atoms with E-state index >= 15 is 0 Å². The van der Waals surface area contributed by atoms with Gasteiger partial charge in [-0.15, -0.1) is 5.10 Å². The van der Waals surface area contributed by atoms with Crippen molar-refractivity contribution in [1.29, 1.82) is 0 Å². The van der Waals surface area contributed by atoms with Gasteiger partial charge in [-0.25, -0.2) is 4.68 Å². The first kappa shape index (κ1) is 11.0. The van der Waals surface area contributed by atoms with Gasteiger partial charge in [0.1, 0.15) is 0 Å². The first-order valence-corrected chi connectivity index (χ1v) is 5.66. The highest BCUT2D eigenvalue weighted by molar-refractivity contribution is 5.75. The maximum absolute atomic E-state index is 11.2. The molecule has 2 rings (SSSR count). The number of rotatable bonds is 5. The Balaban J connectivity index is 2.13. The first-order valence-electron chi connectivity index (χ1n) is 5.66. The quantitative estimate of drug-likeness (QED) is 0.803. The second kappa shape index (κ2) is 4.19. The van der Waals surface area contributed by atoms with Crippen molar-refractivity contribution in [3.8, 4) is 0 Å². The Hall–Kier alpha value is -1.46. The van der Waals surface area contributed by atoms with Gasteiger partial charge in [0.05, 0.1) is 12.0 Å². The van der Waals surface area contributed by atoms with Crippen LogP contribution in [0.2, 0.25) is 0 Å². The molecule has 1 fully saturated rings. The molecule has 16 heavy (non-hydrogen) atoms. The molecule has 0 bridgehead atoms. The van der Waals surface area contributed by atoms with Crippen LogP contribution in [0.3, 0.4) is 0 Å².